The van der Waals surface area contributed by atoms with E-state index < -0.39 is 0 Å². The van der Waals surface area contributed by atoms with E-state index in [-0.39, 0.29) is 18.4 Å². The summed E-state index contributed by atoms with van der Waals surface area (Å²) in [5.74, 6) is -0.620. The van der Waals surface area contributed by atoms with Gasteiger partial charge < -0.3 is 10.6 Å². The molecule has 2 aromatic carbocycles. The molecule has 108 valence electrons. The van der Waals surface area contributed by atoms with E-state index in [1.54, 1.807) is 24.3 Å². The zero-order valence-corrected chi connectivity index (χ0v) is 12.3. The largest absolute Gasteiger partial charge is 0.343 e. The summed E-state index contributed by atoms with van der Waals surface area (Å²) in [6.45, 7) is 1.87. The van der Waals surface area contributed by atoms with Crippen LogP contribution >= 0.6 is 11.6 Å². The molecule has 0 aliphatic carbocycles. The average molecular weight is 303 g/mol. The van der Waals surface area contributed by atoms with Crippen LogP contribution in [0.25, 0.3) is 0 Å². The maximum absolute atomic E-state index is 11.8. The van der Waals surface area contributed by atoms with Crippen LogP contribution in [-0.4, -0.2) is 18.4 Å². The third-order valence-electron chi connectivity index (χ3n) is 2.83. The summed E-state index contributed by atoms with van der Waals surface area (Å²) in [6.07, 6.45) is 0. The minimum absolute atomic E-state index is 0.0980. The molecular formula is C16H15ClN2O2. The summed E-state index contributed by atoms with van der Waals surface area (Å²) in [6, 6.07) is 14.0. The molecule has 0 saturated carbocycles. The van der Waals surface area contributed by atoms with E-state index in [4.69, 9.17) is 11.6 Å². The lowest BCUT2D eigenvalue weighted by Gasteiger charge is -2.07. The Kier molecular flexibility index (Phi) is 4.95. The molecule has 0 radical (unpaired) electrons. The molecule has 2 aromatic rings. The average Bonchev–Trinajstić information content (AvgIpc) is 2.47. The number of nitrogens with one attached hydrogen (secondary N) is 2. The Labute approximate surface area is 128 Å². The zero-order valence-electron chi connectivity index (χ0n) is 11.5. The number of benzene rings is 2. The quantitative estimate of drug-likeness (QED) is 0.912. The molecule has 2 amide bonds. The standard InChI is InChI=1S/C16H15ClN2O2/c1-11-5-7-14(8-6-11)19-15(20)10-18-16(21)12-3-2-4-13(17)9-12/h2-9H,10H2,1H3,(H,18,21)(H,19,20). The van der Waals surface area contributed by atoms with Crippen molar-refractivity contribution in [3.8, 4) is 0 Å². The lowest BCUT2D eigenvalue weighted by Crippen LogP contribution is -2.32. The Morgan fingerprint density at radius 3 is 2.48 bits per heavy atom. The van der Waals surface area contributed by atoms with Gasteiger partial charge in [-0.15, -0.1) is 0 Å². The maximum Gasteiger partial charge on any atom is 0.251 e. The fourth-order valence-corrected chi connectivity index (χ4v) is 1.92. The highest BCUT2D eigenvalue weighted by Crippen LogP contribution is 2.10. The Morgan fingerprint density at radius 2 is 1.81 bits per heavy atom. The lowest BCUT2D eigenvalue weighted by atomic mass is 10.2. The first-order valence-electron chi connectivity index (χ1n) is 6.45. The van der Waals surface area contributed by atoms with Crippen molar-refractivity contribution in [1.29, 1.82) is 0 Å². The van der Waals surface area contributed by atoms with Gasteiger partial charge in [-0.05, 0) is 37.3 Å². The van der Waals surface area contributed by atoms with Crippen molar-refractivity contribution in [3.63, 3.8) is 0 Å². The number of carbonyl (C=O) groups excluding carboxylic acids is 2. The third kappa shape index (κ3) is 4.61. The number of amides is 2. The van der Waals surface area contributed by atoms with E-state index in [1.165, 1.54) is 0 Å². The van der Waals surface area contributed by atoms with Gasteiger partial charge in [0.25, 0.3) is 5.91 Å². The van der Waals surface area contributed by atoms with E-state index in [1.807, 2.05) is 31.2 Å². The normalized spacial score (nSPS) is 10.0. The van der Waals surface area contributed by atoms with E-state index in [2.05, 4.69) is 10.6 Å². The SMILES string of the molecule is Cc1ccc(NC(=O)CNC(=O)c2cccc(Cl)c2)cc1. The van der Waals surface area contributed by atoms with Crippen LogP contribution in [-0.2, 0) is 4.79 Å². The predicted octanol–water partition coefficient (Wildman–Crippen LogP) is 3.02. The van der Waals surface area contributed by atoms with Crippen molar-refractivity contribution in [2.24, 2.45) is 0 Å². The molecular weight excluding hydrogens is 288 g/mol. The highest BCUT2D eigenvalue weighted by molar-refractivity contribution is 6.31. The Bertz CT molecular complexity index is 654. The second-order valence-electron chi connectivity index (χ2n) is 4.61. The number of rotatable bonds is 4. The molecule has 0 fully saturated rings. The van der Waals surface area contributed by atoms with Gasteiger partial charge in [-0.1, -0.05) is 35.4 Å². The van der Waals surface area contributed by atoms with Crippen LogP contribution in [0, 0.1) is 6.92 Å². The van der Waals surface area contributed by atoms with Crippen molar-refractivity contribution >= 4 is 29.1 Å². The minimum atomic E-state index is -0.337. The first-order chi connectivity index (χ1) is 10.0. The van der Waals surface area contributed by atoms with Crippen LogP contribution in [0.3, 0.4) is 0 Å². The number of halogens is 1. The smallest absolute Gasteiger partial charge is 0.251 e. The molecule has 0 atom stereocenters. The number of anilines is 1. The van der Waals surface area contributed by atoms with Crippen molar-refractivity contribution in [1.82, 2.24) is 5.32 Å². The lowest BCUT2D eigenvalue weighted by molar-refractivity contribution is -0.115. The number of hydrogen-bond acceptors (Lipinski definition) is 2. The van der Waals surface area contributed by atoms with Crippen LogP contribution in [0.2, 0.25) is 5.02 Å². The minimum Gasteiger partial charge on any atom is -0.343 e. The Balaban J connectivity index is 1.86. The molecule has 5 heteroatoms. The number of aryl methyl sites for hydroxylation is 1. The summed E-state index contributed by atoms with van der Waals surface area (Å²) in [5.41, 5.74) is 2.23. The monoisotopic (exact) mass is 302 g/mol. The molecule has 0 saturated heterocycles. The van der Waals surface area contributed by atoms with Gasteiger partial charge in [0.2, 0.25) is 5.91 Å². The van der Waals surface area contributed by atoms with Crippen LogP contribution in [0.15, 0.2) is 48.5 Å². The Hall–Kier alpha value is -2.33. The number of hydrogen-bond donors (Lipinski definition) is 2. The van der Waals surface area contributed by atoms with Gasteiger partial charge in [-0.25, -0.2) is 0 Å². The first kappa shape index (κ1) is 15.1. The third-order valence-corrected chi connectivity index (χ3v) is 3.07. The molecule has 0 unspecified atom stereocenters. The van der Waals surface area contributed by atoms with Crippen molar-refractivity contribution in [2.45, 2.75) is 6.92 Å². The molecule has 2 rings (SSSR count). The fraction of sp³-hybridized carbons (Fsp3) is 0.125. The second-order valence-corrected chi connectivity index (χ2v) is 5.04. The van der Waals surface area contributed by atoms with Crippen molar-refractivity contribution in [2.75, 3.05) is 11.9 Å². The van der Waals surface area contributed by atoms with Crippen molar-refractivity contribution < 1.29 is 9.59 Å². The zero-order chi connectivity index (χ0) is 15.2. The molecule has 0 aliphatic heterocycles. The molecule has 4 nitrogen and oxygen atoms in total. The van der Waals surface area contributed by atoms with E-state index >= 15 is 0 Å². The molecule has 0 spiro atoms. The topological polar surface area (TPSA) is 58.2 Å². The predicted molar refractivity (Wildman–Crippen MR) is 83.6 cm³/mol. The maximum atomic E-state index is 11.8. The van der Waals surface area contributed by atoms with Gasteiger partial charge in [0.05, 0.1) is 6.54 Å². The van der Waals surface area contributed by atoms with E-state index in [0.717, 1.165) is 5.56 Å². The van der Waals surface area contributed by atoms with Crippen LogP contribution < -0.4 is 10.6 Å². The highest BCUT2D eigenvalue weighted by Gasteiger charge is 2.08. The van der Waals surface area contributed by atoms with E-state index in [9.17, 15) is 9.59 Å². The van der Waals surface area contributed by atoms with Gasteiger partial charge in [0, 0.05) is 16.3 Å². The molecule has 0 bridgehead atoms. The van der Waals surface area contributed by atoms with Crippen LogP contribution in [0.5, 0.6) is 0 Å². The molecule has 2 N–H and O–H groups in total. The number of carbonyl (C=O) groups is 2. The van der Waals surface area contributed by atoms with Crippen molar-refractivity contribution in [3.05, 3.63) is 64.7 Å². The van der Waals surface area contributed by atoms with Gasteiger partial charge >= 0.3 is 0 Å². The van der Waals surface area contributed by atoms with Crippen LogP contribution in [0.1, 0.15) is 15.9 Å². The summed E-state index contributed by atoms with van der Waals surface area (Å²) in [7, 11) is 0. The summed E-state index contributed by atoms with van der Waals surface area (Å²) in [4.78, 5) is 23.6. The van der Waals surface area contributed by atoms with Gasteiger partial charge in [0.15, 0.2) is 0 Å². The summed E-state index contributed by atoms with van der Waals surface area (Å²) >= 11 is 5.81. The molecule has 0 heterocycles. The summed E-state index contributed by atoms with van der Waals surface area (Å²) < 4.78 is 0. The fourth-order valence-electron chi connectivity index (χ4n) is 1.73. The van der Waals surface area contributed by atoms with Gasteiger partial charge in [-0.2, -0.15) is 0 Å². The first-order valence-corrected chi connectivity index (χ1v) is 6.83. The van der Waals surface area contributed by atoms with Crippen LogP contribution in [0.4, 0.5) is 5.69 Å². The molecule has 0 aliphatic rings. The molecule has 21 heavy (non-hydrogen) atoms. The Morgan fingerprint density at radius 1 is 1.10 bits per heavy atom. The van der Waals surface area contributed by atoms with Gasteiger partial charge in [0.1, 0.15) is 0 Å². The van der Waals surface area contributed by atoms with Gasteiger partial charge in [-0.3, -0.25) is 9.59 Å². The second kappa shape index (κ2) is 6.90. The summed E-state index contributed by atoms with van der Waals surface area (Å²) in [5, 5.41) is 5.73. The molecule has 0 aromatic heterocycles. The highest BCUT2D eigenvalue weighted by atomic mass is 35.5. The van der Waals surface area contributed by atoms with E-state index in [0.29, 0.717) is 16.3 Å².